The van der Waals surface area contributed by atoms with Crippen LogP contribution in [0.25, 0.3) is 27.6 Å². The molecule has 0 spiro atoms. The molecule has 0 aromatic heterocycles. The Kier molecular flexibility index (Phi) is 12.0. The van der Waals surface area contributed by atoms with Gasteiger partial charge in [-0.25, -0.2) is 0 Å². The van der Waals surface area contributed by atoms with Gasteiger partial charge in [0.2, 0.25) is 0 Å². The maximum atomic E-state index is 2.37. The van der Waals surface area contributed by atoms with Crippen LogP contribution in [0.5, 0.6) is 0 Å². The zero-order valence-corrected chi connectivity index (χ0v) is 28.3. The second-order valence-corrected chi connectivity index (χ2v) is 13.1. The zero-order valence-electron chi connectivity index (χ0n) is 28.3. The van der Waals surface area contributed by atoms with E-state index in [1.165, 1.54) is 87.0 Å². The number of fused-ring (bicyclic) bond motifs is 2. The minimum absolute atomic E-state index is 0.572. The zero-order chi connectivity index (χ0) is 32.1. The molecule has 0 heteroatoms. The fraction of sp³-hybridized carbons (Fsp3) is 0.261. The highest BCUT2D eigenvalue weighted by Gasteiger charge is 2.10. The van der Waals surface area contributed by atoms with Crippen molar-refractivity contribution in [2.75, 3.05) is 0 Å². The molecule has 0 heterocycles. The lowest BCUT2D eigenvalue weighted by Gasteiger charge is -2.14. The number of aryl methyl sites for hydroxylation is 3. The summed E-state index contributed by atoms with van der Waals surface area (Å²) >= 11 is 0. The van der Waals surface area contributed by atoms with Gasteiger partial charge < -0.3 is 0 Å². The summed E-state index contributed by atoms with van der Waals surface area (Å²) in [6.07, 6.45) is 11.9. The van der Waals surface area contributed by atoms with Crippen LogP contribution in [-0.2, 0) is 6.42 Å². The van der Waals surface area contributed by atoms with Crippen LogP contribution in [0.3, 0.4) is 0 Å². The van der Waals surface area contributed by atoms with Gasteiger partial charge in [-0.15, -0.1) is 0 Å². The molecule has 6 aromatic carbocycles. The number of unbranched alkanes of at least 4 members (excludes halogenated alkanes) is 1. The van der Waals surface area contributed by atoms with Gasteiger partial charge >= 0.3 is 0 Å². The molecule has 6 rings (SSSR count). The Hall–Kier alpha value is -4.42. The van der Waals surface area contributed by atoms with Crippen molar-refractivity contribution in [1.29, 1.82) is 0 Å². The van der Waals surface area contributed by atoms with E-state index < -0.39 is 0 Å². The van der Waals surface area contributed by atoms with Crippen LogP contribution in [0, 0.1) is 13.8 Å². The molecule has 0 amide bonds. The Balaban J connectivity index is 0.000000181. The molecule has 0 radical (unpaired) electrons. The number of benzene rings is 6. The molecule has 0 saturated heterocycles. The van der Waals surface area contributed by atoms with Gasteiger partial charge in [0.25, 0.3) is 0 Å². The highest BCUT2D eigenvalue weighted by molar-refractivity contribution is 5.86. The van der Waals surface area contributed by atoms with Crippen molar-refractivity contribution in [3.8, 4) is 0 Å². The molecular weight excluding hydrogens is 553 g/mol. The summed E-state index contributed by atoms with van der Waals surface area (Å²) in [5.74, 6) is 1.20. The Bertz CT molecular complexity index is 1850. The van der Waals surface area contributed by atoms with Gasteiger partial charge in [0.15, 0.2) is 0 Å². The van der Waals surface area contributed by atoms with Crippen LogP contribution in [-0.4, -0.2) is 0 Å². The van der Waals surface area contributed by atoms with Crippen molar-refractivity contribution in [1.82, 2.24) is 0 Å². The maximum absolute atomic E-state index is 2.37. The van der Waals surface area contributed by atoms with Gasteiger partial charge in [-0.2, -0.15) is 0 Å². The Morgan fingerprint density at radius 2 is 1.07 bits per heavy atom. The summed E-state index contributed by atoms with van der Waals surface area (Å²) in [4.78, 5) is 0. The number of hydrogen-bond donors (Lipinski definition) is 0. The summed E-state index contributed by atoms with van der Waals surface area (Å²) in [6.45, 7) is 9.02. The summed E-state index contributed by atoms with van der Waals surface area (Å²) in [6, 6.07) is 48.3. The van der Waals surface area contributed by atoms with E-state index in [-0.39, 0.29) is 0 Å². The fourth-order valence-electron chi connectivity index (χ4n) is 6.66. The van der Waals surface area contributed by atoms with Crippen LogP contribution in [0.2, 0.25) is 0 Å². The first-order valence-corrected chi connectivity index (χ1v) is 17.2. The predicted molar refractivity (Wildman–Crippen MR) is 203 cm³/mol. The summed E-state index contributed by atoms with van der Waals surface area (Å²) in [5.41, 5.74) is 8.42. The molecule has 0 aliphatic carbocycles. The number of hydrogen-bond acceptors (Lipinski definition) is 0. The Morgan fingerprint density at radius 1 is 0.522 bits per heavy atom. The SMILES string of the molecule is Cc1cccc(/C=C/CC[C@H](C)c2cccc3ccccc23)c1.Cc1cccc(CCCC[C@H](C)c2cccc3ccccc23)c1. The van der Waals surface area contributed by atoms with Gasteiger partial charge in [-0.3, -0.25) is 0 Å². The Morgan fingerprint density at radius 3 is 1.70 bits per heavy atom. The molecule has 0 saturated carbocycles. The average Bonchev–Trinajstić information content (AvgIpc) is 3.08. The lowest BCUT2D eigenvalue weighted by molar-refractivity contribution is 0.607. The molecule has 6 aromatic rings. The molecular formula is C46H50. The first-order chi connectivity index (χ1) is 22.5. The number of allylic oxidation sites excluding steroid dienone is 1. The third kappa shape index (κ3) is 9.30. The molecule has 234 valence electrons. The third-order valence-corrected chi connectivity index (χ3v) is 9.26. The molecule has 2 atom stereocenters. The normalized spacial score (nSPS) is 12.6. The lowest BCUT2D eigenvalue weighted by Crippen LogP contribution is -1.96. The van der Waals surface area contributed by atoms with E-state index in [2.05, 4.69) is 173 Å². The monoisotopic (exact) mass is 602 g/mol. The average molecular weight is 603 g/mol. The lowest BCUT2D eigenvalue weighted by atomic mass is 9.90. The van der Waals surface area contributed by atoms with E-state index in [9.17, 15) is 0 Å². The van der Waals surface area contributed by atoms with Crippen molar-refractivity contribution in [3.63, 3.8) is 0 Å². The quantitative estimate of drug-likeness (QED) is 0.129. The Labute approximate surface area is 277 Å². The van der Waals surface area contributed by atoms with Crippen molar-refractivity contribution >= 4 is 27.6 Å². The van der Waals surface area contributed by atoms with Crippen molar-refractivity contribution in [2.45, 2.75) is 78.1 Å². The molecule has 0 nitrogen and oxygen atoms in total. The fourth-order valence-corrected chi connectivity index (χ4v) is 6.66. The van der Waals surface area contributed by atoms with Gasteiger partial charge in [0.05, 0.1) is 0 Å². The standard InChI is InChI=1S/C23H26.C23H24/c2*1-18-9-7-12-20(17-18)11-4-3-10-19(2)22-16-8-14-21-13-5-6-15-23(21)22/h5-9,12-17,19H,3-4,10-11H2,1-2H3;4-9,11-17,19H,3,10H2,1-2H3/b;11-4+/t2*19-/m00/s1. The molecule has 0 aliphatic heterocycles. The topological polar surface area (TPSA) is 0 Å². The van der Waals surface area contributed by atoms with Gasteiger partial charge in [-0.05, 0) is 102 Å². The van der Waals surface area contributed by atoms with Gasteiger partial charge in [0.1, 0.15) is 0 Å². The van der Waals surface area contributed by atoms with E-state index in [4.69, 9.17) is 0 Å². The highest BCUT2D eigenvalue weighted by Crippen LogP contribution is 2.30. The summed E-state index contributed by atoms with van der Waals surface area (Å²) < 4.78 is 0. The van der Waals surface area contributed by atoms with Crippen LogP contribution in [0.4, 0.5) is 0 Å². The van der Waals surface area contributed by atoms with Crippen LogP contribution in [0.15, 0.2) is 140 Å². The van der Waals surface area contributed by atoms with E-state index in [0.29, 0.717) is 11.8 Å². The molecule has 0 unspecified atom stereocenters. The van der Waals surface area contributed by atoms with Gasteiger partial charge in [-0.1, -0.05) is 177 Å². The first kappa shape index (κ1) is 33.0. The predicted octanol–water partition coefficient (Wildman–Crippen LogP) is 13.4. The molecule has 0 fully saturated rings. The minimum atomic E-state index is 0.572. The minimum Gasteiger partial charge on any atom is -0.0839 e. The van der Waals surface area contributed by atoms with Crippen LogP contribution >= 0.6 is 0 Å². The first-order valence-electron chi connectivity index (χ1n) is 17.2. The maximum Gasteiger partial charge on any atom is -0.0149 e. The van der Waals surface area contributed by atoms with Crippen molar-refractivity contribution in [3.05, 3.63) is 173 Å². The summed E-state index contributed by atoms with van der Waals surface area (Å²) in [5, 5.41) is 5.51. The van der Waals surface area contributed by atoms with Crippen LogP contribution in [0.1, 0.15) is 91.2 Å². The second kappa shape index (κ2) is 16.8. The van der Waals surface area contributed by atoms with Crippen molar-refractivity contribution in [2.24, 2.45) is 0 Å². The smallest absolute Gasteiger partial charge is 0.0149 e. The summed E-state index contributed by atoms with van der Waals surface area (Å²) in [7, 11) is 0. The van der Waals surface area contributed by atoms with E-state index in [1.807, 2.05) is 0 Å². The highest BCUT2D eigenvalue weighted by atomic mass is 14.1. The van der Waals surface area contributed by atoms with E-state index in [1.54, 1.807) is 0 Å². The van der Waals surface area contributed by atoms with Gasteiger partial charge in [0, 0.05) is 0 Å². The largest absolute Gasteiger partial charge is 0.0839 e. The van der Waals surface area contributed by atoms with Crippen LogP contribution < -0.4 is 0 Å². The molecule has 0 N–H and O–H groups in total. The molecule has 0 aliphatic rings. The van der Waals surface area contributed by atoms with E-state index in [0.717, 1.165) is 6.42 Å². The number of rotatable bonds is 11. The molecule has 0 bridgehead atoms. The van der Waals surface area contributed by atoms with Crippen molar-refractivity contribution < 1.29 is 0 Å². The van der Waals surface area contributed by atoms with E-state index >= 15 is 0 Å². The molecule has 46 heavy (non-hydrogen) atoms. The second-order valence-electron chi connectivity index (χ2n) is 13.1. The third-order valence-electron chi connectivity index (χ3n) is 9.26.